The Bertz CT molecular complexity index is 1330. The Morgan fingerprint density at radius 1 is 1.10 bits per heavy atom. The molecule has 0 aliphatic heterocycles. The number of aromatic hydroxyl groups is 1. The Morgan fingerprint density at radius 3 is 2.43 bits per heavy atom. The monoisotopic (exact) mass is 462 g/mol. The fraction of sp³-hybridized carbons (Fsp3) is 0.100. The van der Waals surface area contributed by atoms with Gasteiger partial charge in [-0.2, -0.15) is 17.6 Å². The van der Waals surface area contributed by atoms with Crippen LogP contribution in [0.5, 0.6) is 5.75 Å². The van der Waals surface area contributed by atoms with E-state index in [2.05, 4.69) is 15.4 Å². The van der Waals surface area contributed by atoms with Crippen LogP contribution in [0.2, 0.25) is 10.0 Å². The molecule has 0 spiro atoms. The van der Waals surface area contributed by atoms with Crippen molar-refractivity contribution in [2.45, 2.75) is 18.4 Å². The summed E-state index contributed by atoms with van der Waals surface area (Å²) in [6, 6.07) is 13.9. The quantitative estimate of drug-likeness (QED) is 0.449. The van der Waals surface area contributed by atoms with Crippen LogP contribution in [0.4, 0.5) is 5.82 Å². The van der Waals surface area contributed by atoms with Crippen molar-refractivity contribution in [1.29, 1.82) is 0 Å². The molecule has 2 heterocycles. The highest BCUT2D eigenvalue weighted by Crippen LogP contribution is 2.35. The van der Waals surface area contributed by atoms with E-state index >= 15 is 0 Å². The van der Waals surface area contributed by atoms with Gasteiger partial charge in [0.2, 0.25) is 0 Å². The zero-order chi connectivity index (χ0) is 21.5. The third-order valence-electron chi connectivity index (χ3n) is 4.55. The van der Waals surface area contributed by atoms with Crippen molar-refractivity contribution in [2.75, 3.05) is 5.32 Å². The topological polar surface area (TPSA) is 97.1 Å². The minimum absolute atomic E-state index is 0.167. The number of aryl methyl sites for hydroxylation is 1. The summed E-state index contributed by atoms with van der Waals surface area (Å²) in [7, 11) is -4.11. The van der Waals surface area contributed by atoms with E-state index in [1.165, 1.54) is 6.20 Å². The van der Waals surface area contributed by atoms with Crippen molar-refractivity contribution < 1.29 is 13.5 Å². The van der Waals surface area contributed by atoms with Crippen LogP contribution >= 0.6 is 23.2 Å². The molecule has 2 aromatic carbocycles. The van der Waals surface area contributed by atoms with Gasteiger partial charge in [0.25, 0.3) is 10.0 Å². The average molecular weight is 463 g/mol. The first-order chi connectivity index (χ1) is 14.3. The summed E-state index contributed by atoms with van der Waals surface area (Å²) in [4.78, 5) is 4.13. The van der Waals surface area contributed by atoms with Crippen molar-refractivity contribution in [3.05, 3.63) is 76.0 Å². The number of benzene rings is 2. The van der Waals surface area contributed by atoms with Crippen LogP contribution in [0.25, 0.3) is 10.9 Å². The minimum Gasteiger partial charge on any atom is -0.505 e. The lowest BCUT2D eigenvalue weighted by Crippen LogP contribution is -2.15. The molecule has 30 heavy (non-hydrogen) atoms. The van der Waals surface area contributed by atoms with Crippen LogP contribution in [0, 0.1) is 6.92 Å². The number of anilines is 1. The Labute approximate surface area is 182 Å². The van der Waals surface area contributed by atoms with Crippen LogP contribution in [-0.2, 0) is 16.6 Å². The van der Waals surface area contributed by atoms with Gasteiger partial charge in [0.15, 0.2) is 5.75 Å². The normalized spacial score (nSPS) is 11.7. The van der Waals surface area contributed by atoms with Crippen LogP contribution < -0.4 is 5.32 Å². The summed E-state index contributed by atoms with van der Waals surface area (Å²) in [6.45, 7) is 2.29. The number of phenols is 1. The van der Waals surface area contributed by atoms with Gasteiger partial charge < -0.3 is 10.4 Å². The third kappa shape index (κ3) is 3.69. The number of nitrogens with one attached hydrogen (secondary N) is 1. The fourth-order valence-electron chi connectivity index (χ4n) is 2.99. The second-order valence-electron chi connectivity index (χ2n) is 6.59. The number of hydrogen-bond acceptors (Lipinski definition) is 6. The Kier molecular flexibility index (Phi) is 5.31. The number of pyridine rings is 1. The summed E-state index contributed by atoms with van der Waals surface area (Å²) >= 11 is 11.8. The lowest BCUT2D eigenvalue weighted by Gasteiger charge is -2.09. The molecule has 2 aromatic heterocycles. The molecule has 0 aliphatic rings. The summed E-state index contributed by atoms with van der Waals surface area (Å²) in [5.41, 5.74) is 1.93. The molecule has 7 nitrogen and oxygen atoms in total. The summed E-state index contributed by atoms with van der Waals surface area (Å²) < 4.78 is 27.2. The van der Waals surface area contributed by atoms with E-state index in [1.54, 1.807) is 13.0 Å². The molecule has 2 N–H and O–H groups in total. The molecule has 0 atom stereocenters. The van der Waals surface area contributed by atoms with Crippen LogP contribution in [0.3, 0.4) is 0 Å². The molecule has 0 fully saturated rings. The summed E-state index contributed by atoms with van der Waals surface area (Å²) in [5.74, 6) is 0.219. The molecular formula is C20H16Cl2N4O3S. The molecule has 4 rings (SSSR count). The number of aromatic nitrogens is 3. The standard InChI is InChI=1S/C20H16Cl2N4O3S/c1-12-15-9-19(23-10-13-5-3-2-4-6-13)24-11-18(15)26(25-12)30(28,29)14-7-16(21)20(27)17(22)8-14/h2-9,11,27H,10H2,1H3,(H,23,24). The van der Waals surface area contributed by atoms with Crippen molar-refractivity contribution in [2.24, 2.45) is 0 Å². The second-order valence-corrected chi connectivity index (χ2v) is 9.18. The maximum atomic E-state index is 13.1. The van der Waals surface area contributed by atoms with Gasteiger partial charge in [0.1, 0.15) is 11.3 Å². The molecule has 0 aliphatic carbocycles. The number of fused-ring (bicyclic) bond motifs is 1. The van der Waals surface area contributed by atoms with Gasteiger partial charge in [-0.1, -0.05) is 53.5 Å². The van der Waals surface area contributed by atoms with Gasteiger partial charge in [-0.15, -0.1) is 0 Å². The number of phenolic OH excluding ortho intramolecular Hbond substituents is 1. The largest absolute Gasteiger partial charge is 0.505 e. The number of nitrogens with zero attached hydrogens (tertiary/aromatic N) is 3. The number of halogens is 2. The average Bonchev–Trinajstić information content (AvgIpc) is 3.07. The van der Waals surface area contributed by atoms with Crippen LogP contribution in [0.1, 0.15) is 11.3 Å². The third-order valence-corrected chi connectivity index (χ3v) is 6.69. The van der Waals surface area contributed by atoms with Crippen molar-refractivity contribution in [3.8, 4) is 5.75 Å². The van der Waals surface area contributed by atoms with E-state index < -0.39 is 10.0 Å². The molecule has 0 amide bonds. The van der Waals surface area contributed by atoms with Gasteiger partial charge in [-0.05, 0) is 30.7 Å². The predicted molar refractivity (Wildman–Crippen MR) is 117 cm³/mol. The molecule has 0 bridgehead atoms. The highest BCUT2D eigenvalue weighted by molar-refractivity contribution is 7.90. The van der Waals surface area contributed by atoms with Crippen molar-refractivity contribution >= 4 is 49.9 Å². The van der Waals surface area contributed by atoms with Gasteiger partial charge in [-0.3, -0.25) is 0 Å². The first kappa shape index (κ1) is 20.5. The maximum Gasteiger partial charge on any atom is 0.283 e. The Hall–Kier alpha value is -2.81. The van der Waals surface area contributed by atoms with E-state index in [-0.39, 0.29) is 20.7 Å². The SMILES string of the molecule is Cc1nn(S(=O)(=O)c2cc(Cl)c(O)c(Cl)c2)c2cnc(NCc3ccccc3)cc12. The molecule has 10 heteroatoms. The van der Waals surface area contributed by atoms with Crippen LogP contribution in [0.15, 0.2) is 59.6 Å². The van der Waals surface area contributed by atoms with E-state index in [9.17, 15) is 13.5 Å². The molecule has 4 aromatic rings. The molecular weight excluding hydrogens is 447 g/mol. The van der Waals surface area contributed by atoms with Crippen molar-refractivity contribution in [3.63, 3.8) is 0 Å². The zero-order valence-corrected chi connectivity index (χ0v) is 18.0. The minimum atomic E-state index is -4.11. The first-order valence-corrected chi connectivity index (χ1v) is 11.0. The molecule has 0 unspecified atom stereocenters. The van der Waals surface area contributed by atoms with Crippen molar-refractivity contribution in [1.82, 2.24) is 14.2 Å². The van der Waals surface area contributed by atoms with Gasteiger partial charge in [0.05, 0.1) is 26.8 Å². The second kappa shape index (κ2) is 7.79. The zero-order valence-electron chi connectivity index (χ0n) is 15.7. The molecule has 0 saturated carbocycles. The maximum absolute atomic E-state index is 13.1. The summed E-state index contributed by atoms with van der Waals surface area (Å²) in [5, 5.41) is 17.4. The summed E-state index contributed by atoms with van der Waals surface area (Å²) in [6.07, 6.45) is 1.45. The smallest absolute Gasteiger partial charge is 0.283 e. The lowest BCUT2D eigenvalue weighted by molar-refractivity contribution is 0.475. The first-order valence-electron chi connectivity index (χ1n) is 8.84. The highest BCUT2D eigenvalue weighted by Gasteiger charge is 2.24. The van der Waals surface area contributed by atoms with Gasteiger partial charge in [0, 0.05) is 11.9 Å². The molecule has 0 radical (unpaired) electrons. The fourth-order valence-corrected chi connectivity index (χ4v) is 4.98. The van der Waals surface area contributed by atoms with Gasteiger partial charge >= 0.3 is 0 Å². The molecule has 0 saturated heterocycles. The molecule has 154 valence electrons. The highest BCUT2D eigenvalue weighted by atomic mass is 35.5. The number of rotatable bonds is 5. The van der Waals surface area contributed by atoms with E-state index in [1.807, 2.05) is 30.3 Å². The van der Waals surface area contributed by atoms with E-state index in [0.717, 1.165) is 21.8 Å². The number of hydrogen-bond donors (Lipinski definition) is 2. The Morgan fingerprint density at radius 2 is 1.77 bits per heavy atom. The van der Waals surface area contributed by atoms with Crippen LogP contribution in [-0.4, -0.2) is 27.7 Å². The van der Waals surface area contributed by atoms with E-state index in [0.29, 0.717) is 29.0 Å². The Balaban J connectivity index is 1.72. The van der Waals surface area contributed by atoms with Gasteiger partial charge in [-0.25, -0.2) is 4.98 Å². The lowest BCUT2D eigenvalue weighted by atomic mass is 10.2. The van der Waals surface area contributed by atoms with E-state index in [4.69, 9.17) is 23.2 Å². The predicted octanol–water partition coefficient (Wildman–Crippen LogP) is 4.60.